The zero-order chi connectivity index (χ0) is 12.3. The fourth-order valence-corrected chi connectivity index (χ4v) is 2.80. The molecule has 0 saturated heterocycles. The van der Waals surface area contributed by atoms with E-state index < -0.39 is 0 Å². The molecule has 16 heavy (non-hydrogen) atoms. The van der Waals surface area contributed by atoms with Gasteiger partial charge in [-0.25, -0.2) is 4.79 Å². The van der Waals surface area contributed by atoms with E-state index in [2.05, 4.69) is 15.3 Å². The largest absolute Gasteiger partial charge is 0.353 e. The molecule has 0 fully saturated rings. The molecule has 0 atom stereocenters. The molecule has 90 valence electrons. The molecule has 1 heterocycles. The standard InChI is InChI=1S/C9H16N4OS2/c1-9(2,3)12-6(14)10-7-11-8(13(4)5)16-15-7/h1-5H3,(H,12,14). The smallest absolute Gasteiger partial charge is 0.344 e. The topological polar surface area (TPSA) is 57.6 Å². The number of anilines is 1. The summed E-state index contributed by atoms with van der Waals surface area (Å²) < 4.78 is 0. The second-order valence-electron chi connectivity index (χ2n) is 4.53. The van der Waals surface area contributed by atoms with Crippen LogP contribution in [0, 0.1) is 0 Å². The molecule has 2 amide bonds. The van der Waals surface area contributed by atoms with E-state index >= 15 is 0 Å². The van der Waals surface area contributed by atoms with Gasteiger partial charge in [0.25, 0.3) is 0 Å². The third-order valence-corrected chi connectivity index (χ3v) is 3.61. The third kappa shape index (κ3) is 4.28. The lowest BCUT2D eigenvalue weighted by Crippen LogP contribution is -2.39. The van der Waals surface area contributed by atoms with E-state index in [1.807, 2.05) is 39.8 Å². The molecule has 0 aliphatic rings. The normalized spacial score (nSPS) is 12.7. The Morgan fingerprint density at radius 3 is 2.44 bits per heavy atom. The van der Waals surface area contributed by atoms with Crippen LogP contribution in [-0.4, -0.2) is 30.6 Å². The van der Waals surface area contributed by atoms with E-state index in [0.717, 1.165) is 5.13 Å². The molecule has 0 aromatic carbocycles. The van der Waals surface area contributed by atoms with Gasteiger partial charge in [-0.1, -0.05) is 0 Å². The second-order valence-corrected chi connectivity index (χ2v) is 6.59. The van der Waals surface area contributed by atoms with Gasteiger partial charge >= 0.3 is 6.03 Å². The Labute approximate surface area is 102 Å². The number of nitrogens with zero attached hydrogens (tertiary/aromatic N) is 3. The average Bonchev–Trinajstić information content (AvgIpc) is 2.48. The summed E-state index contributed by atoms with van der Waals surface area (Å²) >= 11 is 0. The summed E-state index contributed by atoms with van der Waals surface area (Å²) in [6.07, 6.45) is 0. The summed E-state index contributed by atoms with van der Waals surface area (Å²) in [6, 6.07) is -0.348. The molecular formula is C9H16N4OS2. The van der Waals surface area contributed by atoms with E-state index in [9.17, 15) is 4.79 Å². The van der Waals surface area contributed by atoms with E-state index in [1.165, 1.54) is 20.7 Å². The van der Waals surface area contributed by atoms with Crippen LogP contribution in [0.4, 0.5) is 9.93 Å². The molecule has 0 aliphatic heterocycles. The van der Waals surface area contributed by atoms with Gasteiger partial charge in [-0.3, -0.25) is 0 Å². The minimum absolute atomic E-state index is 0.272. The van der Waals surface area contributed by atoms with Crippen molar-refractivity contribution in [3.05, 3.63) is 4.80 Å². The molecule has 1 aromatic heterocycles. The quantitative estimate of drug-likeness (QED) is 0.782. The number of nitrogens with one attached hydrogen (secondary N) is 1. The lowest BCUT2D eigenvalue weighted by molar-refractivity contribution is 0.240. The molecule has 1 rings (SSSR count). The van der Waals surface area contributed by atoms with Crippen molar-refractivity contribution in [2.24, 2.45) is 4.99 Å². The van der Waals surface area contributed by atoms with Crippen LogP contribution in [0.5, 0.6) is 0 Å². The SMILES string of the molecule is CN(C)c1nc(=NC(=O)NC(C)(C)C)ss1. The number of urea groups is 1. The van der Waals surface area contributed by atoms with Gasteiger partial charge in [-0.05, 0) is 41.5 Å². The minimum atomic E-state index is -0.348. The number of carbonyl (C=O) groups excluding carboxylic acids is 1. The van der Waals surface area contributed by atoms with E-state index in [-0.39, 0.29) is 11.6 Å². The van der Waals surface area contributed by atoms with Crippen molar-refractivity contribution in [1.82, 2.24) is 10.3 Å². The van der Waals surface area contributed by atoms with Crippen molar-refractivity contribution >= 4 is 31.8 Å². The van der Waals surface area contributed by atoms with Crippen molar-refractivity contribution < 1.29 is 4.79 Å². The highest BCUT2D eigenvalue weighted by Gasteiger charge is 2.12. The van der Waals surface area contributed by atoms with Crippen LogP contribution in [0.15, 0.2) is 4.99 Å². The zero-order valence-electron chi connectivity index (χ0n) is 10.1. The van der Waals surface area contributed by atoms with Gasteiger partial charge in [-0.15, -0.1) is 0 Å². The van der Waals surface area contributed by atoms with Crippen LogP contribution in [0.1, 0.15) is 20.8 Å². The first-order valence-electron chi connectivity index (χ1n) is 4.79. The minimum Gasteiger partial charge on any atom is -0.353 e. The number of rotatable bonds is 1. The van der Waals surface area contributed by atoms with Gasteiger partial charge in [0.1, 0.15) is 0 Å². The highest BCUT2D eigenvalue weighted by atomic mass is 32.9. The summed E-state index contributed by atoms with van der Waals surface area (Å²) in [4.78, 5) is 22.0. The van der Waals surface area contributed by atoms with Crippen molar-refractivity contribution in [3.63, 3.8) is 0 Å². The molecule has 0 unspecified atom stereocenters. The molecule has 5 nitrogen and oxygen atoms in total. The fourth-order valence-electron chi connectivity index (χ4n) is 0.847. The number of hydrogen-bond donors (Lipinski definition) is 1. The maximum Gasteiger partial charge on any atom is 0.344 e. The molecule has 1 aromatic rings. The number of hydrogen-bond acceptors (Lipinski definition) is 5. The summed E-state index contributed by atoms with van der Waals surface area (Å²) in [5.74, 6) is 0. The Kier molecular flexibility index (Phi) is 4.03. The number of aromatic nitrogens is 1. The predicted molar refractivity (Wildman–Crippen MR) is 68.2 cm³/mol. The van der Waals surface area contributed by atoms with Gasteiger partial charge < -0.3 is 10.2 Å². The molecule has 0 radical (unpaired) electrons. The van der Waals surface area contributed by atoms with Crippen molar-refractivity contribution in [3.8, 4) is 0 Å². The van der Waals surface area contributed by atoms with Crippen LogP contribution in [0.2, 0.25) is 0 Å². The van der Waals surface area contributed by atoms with Crippen LogP contribution in [-0.2, 0) is 0 Å². The average molecular weight is 260 g/mol. The predicted octanol–water partition coefficient (Wildman–Crippen LogP) is 1.68. The monoisotopic (exact) mass is 260 g/mol. The van der Waals surface area contributed by atoms with Crippen LogP contribution >= 0.6 is 20.7 Å². The molecular weight excluding hydrogens is 244 g/mol. The maximum atomic E-state index is 11.5. The van der Waals surface area contributed by atoms with Gasteiger partial charge in [0.05, 0.1) is 0 Å². The lowest BCUT2D eigenvalue weighted by Gasteiger charge is -2.17. The Balaban J connectivity index is 2.80. The first-order chi connectivity index (χ1) is 7.28. The van der Waals surface area contributed by atoms with Gasteiger partial charge in [0.15, 0.2) is 5.13 Å². The molecule has 0 bridgehead atoms. The Morgan fingerprint density at radius 2 is 2.00 bits per heavy atom. The Bertz CT molecular complexity index is 427. The lowest BCUT2D eigenvalue weighted by atomic mass is 10.1. The highest BCUT2D eigenvalue weighted by molar-refractivity contribution is 7.69. The summed E-state index contributed by atoms with van der Waals surface area (Å²) in [5.41, 5.74) is -0.272. The van der Waals surface area contributed by atoms with E-state index in [0.29, 0.717) is 4.80 Å². The van der Waals surface area contributed by atoms with Gasteiger partial charge in [-0.2, -0.15) is 9.98 Å². The van der Waals surface area contributed by atoms with Crippen molar-refractivity contribution in [2.75, 3.05) is 19.0 Å². The Morgan fingerprint density at radius 1 is 1.38 bits per heavy atom. The summed E-state index contributed by atoms with van der Waals surface area (Å²) in [6.45, 7) is 5.74. The van der Waals surface area contributed by atoms with Gasteiger partial charge in [0, 0.05) is 19.6 Å². The summed E-state index contributed by atoms with van der Waals surface area (Å²) in [7, 11) is 6.71. The first kappa shape index (κ1) is 13.1. The second kappa shape index (κ2) is 4.92. The van der Waals surface area contributed by atoms with Crippen LogP contribution < -0.4 is 15.0 Å². The first-order valence-corrected chi connectivity index (χ1v) is 6.94. The van der Waals surface area contributed by atoms with Crippen LogP contribution in [0.3, 0.4) is 0 Å². The molecule has 0 saturated carbocycles. The molecule has 0 spiro atoms. The van der Waals surface area contributed by atoms with Crippen LogP contribution in [0.25, 0.3) is 0 Å². The molecule has 0 aliphatic carbocycles. The number of carbonyl (C=O) groups is 1. The van der Waals surface area contributed by atoms with E-state index in [4.69, 9.17) is 0 Å². The molecule has 7 heteroatoms. The Hall–Kier alpha value is -0.950. The number of amides is 2. The summed E-state index contributed by atoms with van der Waals surface area (Å²) in [5, 5.41) is 3.61. The van der Waals surface area contributed by atoms with Crippen molar-refractivity contribution in [1.29, 1.82) is 0 Å². The van der Waals surface area contributed by atoms with E-state index in [1.54, 1.807) is 0 Å². The highest BCUT2D eigenvalue weighted by Crippen LogP contribution is 2.15. The fraction of sp³-hybridized carbons (Fsp3) is 0.667. The molecule has 1 N–H and O–H groups in total. The third-order valence-electron chi connectivity index (χ3n) is 1.44. The van der Waals surface area contributed by atoms with Gasteiger partial charge in [0.2, 0.25) is 4.80 Å². The zero-order valence-corrected chi connectivity index (χ0v) is 11.7. The maximum absolute atomic E-state index is 11.5. The van der Waals surface area contributed by atoms with Crippen molar-refractivity contribution in [2.45, 2.75) is 26.3 Å².